The van der Waals surface area contributed by atoms with Crippen LogP contribution in [0, 0.1) is 17.8 Å². The molecular weight excluding hydrogens is 271 g/mol. The minimum atomic E-state index is -4.57. The van der Waals surface area contributed by atoms with Crippen molar-refractivity contribution < 1.29 is 23.1 Å². The number of piperidine rings is 1. The zero-order valence-corrected chi connectivity index (χ0v) is 12.3. The van der Waals surface area contributed by atoms with Gasteiger partial charge in [0.15, 0.2) is 6.10 Å². The summed E-state index contributed by atoms with van der Waals surface area (Å²) < 4.78 is 37.3. The van der Waals surface area contributed by atoms with Gasteiger partial charge in [0.2, 0.25) is 5.91 Å². The predicted molar refractivity (Wildman–Crippen MR) is 70.0 cm³/mol. The van der Waals surface area contributed by atoms with Gasteiger partial charge in [-0.2, -0.15) is 13.2 Å². The van der Waals surface area contributed by atoms with Crippen molar-refractivity contribution in [2.24, 2.45) is 17.8 Å². The molecule has 0 spiro atoms. The summed E-state index contributed by atoms with van der Waals surface area (Å²) in [7, 11) is 0. The van der Waals surface area contributed by atoms with Gasteiger partial charge in [-0.05, 0) is 30.6 Å². The number of amides is 1. The van der Waals surface area contributed by atoms with Crippen molar-refractivity contribution >= 4 is 5.91 Å². The van der Waals surface area contributed by atoms with Crippen LogP contribution in [0.4, 0.5) is 13.2 Å². The summed E-state index contributed by atoms with van der Waals surface area (Å²) in [4.78, 5) is 13.7. The molecule has 1 rings (SSSR count). The van der Waals surface area contributed by atoms with Gasteiger partial charge in [-0.25, -0.2) is 0 Å². The highest BCUT2D eigenvalue weighted by Crippen LogP contribution is 2.32. The van der Waals surface area contributed by atoms with Gasteiger partial charge in [0.1, 0.15) is 0 Å². The number of aliphatic hydroxyl groups excluding tert-OH is 1. The molecule has 0 aromatic carbocycles. The van der Waals surface area contributed by atoms with Crippen molar-refractivity contribution in [2.75, 3.05) is 13.1 Å². The van der Waals surface area contributed by atoms with Gasteiger partial charge in [-0.3, -0.25) is 4.79 Å². The Morgan fingerprint density at radius 1 is 1.25 bits per heavy atom. The second kappa shape index (κ2) is 6.78. The minimum Gasteiger partial charge on any atom is -0.383 e. The van der Waals surface area contributed by atoms with E-state index in [4.69, 9.17) is 0 Å². The molecule has 0 bridgehead atoms. The standard InChI is InChI=1S/C14H24F3NO2/c1-9(2)10(3)8-12(19)18-6-4-11(5-7-18)13(20)14(15,16)17/h9-11,13,20H,4-8H2,1-3H3. The number of aliphatic hydroxyl groups is 1. The summed E-state index contributed by atoms with van der Waals surface area (Å²) in [5.74, 6) is -0.114. The molecule has 1 amide bonds. The maximum Gasteiger partial charge on any atom is 0.414 e. The highest BCUT2D eigenvalue weighted by molar-refractivity contribution is 5.76. The summed E-state index contributed by atoms with van der Waals surface area (Å²) >= 11 is 0. The van der Waals surface area contributed by atoms with Crippen LogP contribution in [-0.4, -0.2) is 41.3 Å². The fraction of sp³-hybridized carbons (Fsp3) is 0.929. The Kier molecular flexibility index (Phi) is 5.86. The number of carbonyl (C=O) groups excluding carboxylic acids is 1. The van der Waals surface area contributed by atoms with E-state index in [9.17, 15) is 23.1 Å². The third-order valence-corrected chi connectivity index (χ3v) is 4.31. The van der Waals surface area contributed by atoms with Crippen LogP contribution in [0.15, 0.2) is 0 Å². The number of halogens is 3. The van der Waals surface area contributed by atoms with Crippen molar-refractivity contribution in [3.8, 4) is 0 Å². The van der Waals surface area contributed by atoms with Crippen LogP contribution in [0.25, 0.3) is 0 Å². The zero-order chi connectivity index (χ0) is 15.5. The van der Waals surface area contributed by atoms with Crippen LogP contribution in [0.1, 0.15) is 40.0 Å². The van der Waals surface area contributed by atoms with Crippen LogP contribution < -0.4 is 0 Å². The molecule has 1 aliphatic heterocycles. The van der Waals surface area contributed by atoms with E-state index in [0.717, 1.165) is 0 Å². The van der Waals surface area contributed by atoms with E-state index >= 15 is 0 Å². The molecule has 1 aliphatic rings. The molecule has 1 saturated heterocycles. The molecule has 6 heteroatoms. The van der Waals surface area contributed by atoms with Crippen molar-refractivity contribution in [2.45, 2.75) is 52.3 Å². The molecule has 3 nitrogen and oxygen atoms in total. The fourth-order valence-electron chi connectivity index (χ4n) is 2.37. The van der Waals surface area contributed by atoms with Gasteiger partial charge >= 0.3 is 6.18 Å². The summed E-state index contributed by atoms with van der Waals surface area (Å²) in [5.41, 5.74) is 0. The Labute approximate surface area is 118 Å². The number of nitrogens with zero attached hydrogens (tertiary/aromatic N) is 1. The Balaban J connectivity index is 2.44. The topological polar surface area (TPSA) is 40.5 Å². The van der Waals surface area contributed by atoms with E-state index in [1.165, 1.54) is 0 Å². The van der Waals surface area contributed by atoms with Gasteiger partial charge in [0, 0.05) is 19.5 Å². The third kappa shape index (κ3) is 4.65. The lowest BCUT2D eigenvalue weighted by Crippen LogP contribution is -2.45. The Hall–Kier alpha value is -0.780. The highest BCUT2D eigenvalue weighted by Gasteiger charge is 2.44. The lowest BCUT2D eigenvalue weighted by atomic mass is 9.89. The fourth-order valence-corrected chi connectivity index (χ4v) is 2.37. The third-order valence-electron chi connectivity index (χ3n) is 4.31. The maximum atomic E-state index is 12.4. The Bertz CT molecular complexity index is 323. The average molecular weight is 295 g/mol. The molecule has 0 saturated carbocycles. The molecule has 0 aromatic rings. The largest absolute Gasteiger partial charge is 0.414 e. The van der Waals surface area contributed by atoms with Crippen LogP contribution in [0.2, 0.25) is 0 Å². The van der Waals surface area contributed by atoms with Crippen LogP contribution in [0.5, 0.6) is 0 Å². The van der Waals surface area contributed by atoms with Crippen molar-refractivity contribution in [1.29, 1.82) is 0 Å². The number of alkyl halides is 3. The molecule has 0 aromatic heterocycles. The first-order chi connectivity index (χ1) is 9.12. The first kappa shape index (κ1) is 17.3. The summed E-state index contributed by atoms with van der Waals surface area (Å²) in [6.45, 7) is 6.71. The van der Waals surface area contributed by atoms with E-state index < -0.39 is 18.2 Å². The summed E-state index contributed by atoms with van der Waals surface area (Å²) in [5, 5.41) is 9.23. The molecule has 2 unspecified atom stereocenters. The van der Waals surface area contributed by atoms with E-state index in [-0.39, 0.29) is 24.7 Å². The molecule has 1 heterocycles. The first-order valence-electron chi connectivity index (χ1n) is 7.15. The van der Waals surface area contributed by atoms with Gasteiger partial charge < -0.3 is 10.0 Å². The number of likely N-dealkylation sites (tertiary alicyclic amines) is 1. The second-order valence-electron chi connectivity index (χ2n) is 6.13. The van der Waals surface area contributed by atoms with Gasteiger partial charge in [0.05, 0.1) is 0 Å². The molecular formula is C14H24F3NO2. The summed E-state index contributed by atoms with van der Waals surface area (Å²) in [6, 6.07) is 0. The van der Waals surface area contributed by atoms with Crippen molar-refractivity contribution in [1.82, 2.24) is 4.90 Å². The molecule has 1 fully saturated rings. The Morgan fingerprint density at radius 3 is 2.15 bits per heavy atom. The number of rotatable bonds is 4. The molecule has 0 radical (unpaired) electrons. The van der Waals surface area contributed by atoms with E-state index in [1.54, 1.807) is 4.90 Å². The van der Waals surface area contributed by atoms with Crippen molar-refractivity contribution in [3.63, 3.8) is 0 Å². The first-order valence-corrected chi connectivity index (χ1v) is 7.15. The molecule has 2 atom stereocenters. The minimum absolute atomic E-state index is 0.00569. The number of hydrogen-bond acceptors (Lipinski definition) is 2. The monoisotopic (exact) mass is 295 g/mol. The van der Waals surface area contributed by atoms with Crippen molar-refractivity contribution in [3.05, 3.63) is 0 Å². The lowest BCUT2D eigenvalue weighted by molar-refractivity contribution is -0.222. The molecule has 20 heavy (non-hydrogen) atoms. The number of carbonyl (C=O) groups is 1. The maximum absolute atomic E-state index is 12.4. The van der Waals surface area contributed by atoms with E-state index in [0.29, 0.717) is 25.4 Å². The van der Waals surface area contributed by atoms with Gasteiger partial charge in [-0.1, -0.05) is 20.8 Å². The SMILES string of the molecule is CC(C)C(C)CC(=O)N1CCC(C(O)C(F)(F)F)CC1. The average Bonchev–Trinajstić information content (AvgIpc) is 2.36. The highest BCUT2D eigenvalue weighted by atomic mass is 19.4. The smallest absolute Gasteiger partial charge is 0.383 e. The molecule has 118 valence electrons. The van der Waals surface area contributed by atoms with Crippen LogP contribution >= 0.6 is 0 Å². The lowest BCUT2D eigenvalue weighted by Gasteiger charge is -2.35. The normalized spacial score (nSPS) is 21.1. The number of hydrogen-bond donors (Lipinski definition) is 1. The van der Waals surface area contributed by atoms with Crippen LogP contribution in [0.3, 0.4) is 0 Å². The van der Waals surface area contributed by atoms with Gasteiger partial charge in [0.25, 0.3) is 0 Å². The zero-order valence-electron chi connectivity index (χ0n) is 12.3. The predicted octanol–water partition coefficient (Wildman–Crippen LogP) is 2.83. The van der Waals surface area contributed by atoms with E-state index in [2.05, 4.69) is 0 Å². The molecule has 0 aliphatic carbocycles. The van der Waals surface area contributed by atoms with Crippen LogP contribution in [-0.2, 0) is 4.79 Å². The van der Waals surface area contributed by atoms with Gasteiger partial charge in [-0.15, -0.1) is 0 Å². The van der Waals surface area contributed by atoms with E-state index in [1.807, 2.05) is 20.8 Å². The summed E-state index contributed by atoms with van der Waals surface area (Å²) in [6.07, 6.45) is -5.98. The Morgan fingerprint density at radius 2 is 1.75 bits per heavy atom. The quantitative estimate of drug-likeness (QED) is 0.866. The second-order valence-corrected chi connectivity index (χ2v) is 6.13. The molecule has 1 N–H and O–H groups in total.